The lowest BCUT2D eigenvalue weighted by molar-refractivity contribution is 0.423. The zero-order chi connectivity index (χ0) is 11.5. The maximum atomic E-state index is 9.00. The molecular formula is C12H16N4. The fourth-order valence-corrected chi connectivity index (χ4v) is 2.13. The predicted molar refractivity (Wildman–Crippen MR) is 63.2 cm³/mol. The molecule has 0 saturated carbocycles. The first kappa shape index (κ1) is 10.7. The van der Waals surface area contributed by atoms with Gasteiger partial charge in [-0.25, -0.2) is 4.99 Å². The molecule has 4 nitrogen and oxygen atoms in total. The second kappa shape index (κ2) is 4.40. The molecule has 0 unspecified atom stereocenters. The largest absolute Gasteiger partial charge is 0.383 e. The van der Waals surface area contributed by atoms with Gasteiger partial charge in [0.05, 0.1) is 11.4 Å². The highest BCUT2D eigenvalue weighted by molar-refractivity contribution is 6.02. The molecule has 16 heavy (non-hydrogen) atoms. The summed E-state index contributed by atoms with van der Waals surface area (Å²) in [6, 6.07) is 2.07. The van der Waals surface area contributed by atoms with Gasteiger partial charge in [-0.1, -0.05) is 13.0 Å². The van der Waals surface area contributed by atoms with E-state index in [1.54, 1.807) is 0 Å². The number of aliphatic imine (C=N–C) groups is 1. The first-order chi connectivity index (χ1) is 7.77. The molecular weight excluding hydrogens is 200 g/mol. The van der Waals surface area contributed by atoms with E-state index in [1.807, 2.05) is 4.90 Å². The summed E-state index contributed by atoms with van der Waals surface area (Å²) in [6.07, 6.45) is 6.32. The van der Waals surface area contributed by atoms with Crippen molar-refractivity contribution < 1.29 is 0 Å². The zero-order valence-electron chi connectivity index (χ0n) is 9.53. The average Bonchev–Trinajstić information content (AvgIpc) is 2.32. The van der Waals surface area contributed by atoms with Crippen molar-refractivity contribution in [1.82, 2.24) is 4.90 Å². The first-order valence-electron chi connectivity index (χ1n) is 5.73. The lowest BCUT2D eigenvalue weighted by Crippen LogP contribution is -2.36. The van der Waals surface area contributed by atoms with Crippen molar-refractivity contribution in [3.8, 4) is 6.07 Å². The number of fused-ring (bicyclic) bond motifs is 1. The van der Waals surface area contributed by atoms with Crippen LogP contribution in [0.3, 0.4) is 0 Å². The van der Waals surface area contributed by atoms with Crippen molar-refractivity contribution in [1.29, 1.82) is 5.26 Å². The third-order valence-electron chi connectivity index (χ3n) is 2.88. The van der Waals surface area contributed by atoms with Gasteiger partial charge in [-0.15, -0.1) is 0 Å². The van der Waals surface area contributed by atoms with Gasteiger partial charge in [-0.2, -0.15) is 5.26 Å². The van der Waals surface area contributed by atoms with Crippen molar-refractivity contribution in [2.75, 3.05) is 6.54 Å². The highest BCUT2D eigenvalue weighted by atomic mass is 15.2. The number of hydrogen-bond donors (Lipinski definition) is 1. The van der Waals surface area contributed by atoms with Crippen LogP contribution in [0.5, 0.6) is 0 Å². The van der Waals surface area contributed by atoms with Crippen molar-refractivity contribution in [3.63, 3.8) is 0 Å². The van der Waals surface area contributed by atoms with Crippen LogP contribution in [0.4, 0.5) is 0 Å². The summed E-state index contributed by atoms with van der Waals surface area (Å²) in [5.74, 6) is 0.501. The second-order valence-electron chi connectivity index (χ2n) is 4.04. The minimum Gasteiger partial charge on any atom is -0.383 e. The molecule has 0 saturated heterocycles. The Morgan fingerprint density at radius 1 is 1.62 bits per heavy atom. The van der Waals surface area contributed by atoms with Crippen molar-refractivity contribution >= 4 is 5.71 Å². The summed E-state index contributed by atoms with van der Waals surface area (Å²) in [6.45, 7) is 2.95. The predicted octanol–water partition coefficient (Wildman–Crippen LogP) is 1.87. The van der Waals surface area contributed by atoms with Gasteiger partial charge < -0.3 is 10.6 Å². The van der Waals surface area contributed by atoms with Crippen LogP contribution in [-0.4, -0.2) is 17.2 Å². The van der Waals surface area contributed by atoms with Crippen LogP contribution < -0.4 is 5.73 Å². The van der Waals surface area contributed by atoms with Crippen LogP contribution in [0.15, 0.2) is 28.3 Å². The van der Waals surface area contributed by atoms with E-state index in [4.69, 9.17) is 11.0 Å². The number of rotatable bonds is 2. The van der Waals surface area contributed by atoms with Gasteiger partial charge in [0.25, 0.3) is 0 Å². The Balaban J connectivity index is 2.43. The molecule has 84 valence electrons. The SMILES string of the molecule is CCCN1C2=CCCCC2=NC(C#N)=C1N. The number of hydrogen-bond acceptors (Lipinski definition) is 4. The lowest BCUT2D eigenvalue weighted by Gasteiger charge is -2.33. The van der Waals surface area contributed by atoms with E-state index in [2.05, 4.69) is 24.1 Å². The third kappa shape index (κ3) is 1.69. The molecule has 2 rings (SSSR count). The van der Waals surface area contributed by atoms with E-state index in [1.165, 1.54) is 0 Å². The van der Waals surface area contributed by atoms with Gasteiger partial charge >= 0.3 is 0 Å². The summed E-state index contributed by atoms with van der Waals surface area (Å²) >= 11 is 0. The molecule has 0 aromatic heterocycles. The molecule has 0 aromatic carbocycles. The van der Waals surface area contributed by atoms with Gasteiger partial charge in [-0.05, 0) is 25.7 Å². The molecule has 2 aliphatic rings. The van der Waals surface area contributed by atoms with Gasteiger partial charge in [0, 0.05) is 6.54 Å². The second-order valence-corrected chi connectivity index (χ2v) is 4.04. The van der Waals surface area contributed by atoms with E-state index >= 15 is 0 Å². The molecule has 4 heteroatoms. The minimum absolute atomic E-state index is 0.363. The summed E-state index contributed by atoms with van der Waals surface area (Å²) in [4.78, 5) is 6.36. The smallest absolute Gasteiger partial charge is 0.181 e. The van der Waals surface area contributed by atoms with Crippen LogP contribution in [0, 0.1) is 11.3 Å². The van der Waals surface area contributed by atoms with Gasteiger partial charge in [0.1, 0.15) is 11.9 Å². The summed E-state index contributed by atoms with van der Waals surface area (Å²) in [5.41, 5.74) is 8.46. The molecule has 2 N–H and O–H groups in total. The fourth-order valence-electron chi connectivity index (χ4n) is 2.13. The highest BCUT2D eigenvalue weighted by Crippen LogP contribution is 2.27. The molecule has 1 heterocycles. The maximum absolute atomic E-state index is 9.00. The molecule has 1 aliphatic carbocycles. The molecule has 0 fully saturated rings. The fraction of sp³-hybridized carbons (Fsp3) is 0.500. The summed E-state index contributed by atoms with van der Waals surface area (Å²) in [5, 5.41) is 9.00. The van der Waals surface area contributed by atoms with Gasteiger partial charge in [-0.3, -0.25) is 0 Å². The molecule has 0 bridgehead atoms. The van der Waals surface area contributed by atoms with Crippen LogP contribution in [0.2, 0.25) is 0 Å². The van der Waals surface area contributed by atoms with Crippen molar-refractivity contribution in [2.45, 2.75) is 32.6 Å². The Morgan fingerprint density at radius 3 is 3.12 bits per heavy atom. The van der Waals surface area contributed by atoms with Crippen LogP contribution in [0.1, 0.15) is 32.6 Å². The average molecular weight is 216 g/mol. The zero-order valence-corrected chi connectivity index (χ0v) is 9.53. The summed E-state index contributed by atoms with van der Waals surface area (Å²) in [7, 11) is 0. The highest BCUT2D eigenvalue weighted by Gasteiger charge is 2.26. The third-order valence-corrected chi connectivity index (χ3v) is 2.88. The normalized spacial score (nSPS) is 19.9. The first-order valence-corrected chi connectivity index (χ1v) is 5.73. The minimum atomic E-state index is 0.363. The van der Waals surface area contributed by atoms with Crippen LogP contribution in [-0.2, 0) is 0 Å². The maximum Gasteiger partial charge on any atom is 0.181 e. The van der Waals surface area contributed by atoms with E-state index in [9.17, 15) is 0 Å². The molecule has 1 aliphatic heterocycles. The number of nitrogens with zero attached hydrogens (tertiary/aromatic N) is 3. The van der Waals surface area contributed by atoms with Crippen LogP contribution in [0.25, 0.3) is 0 Å². The number of nitrogens with two attached hydrogens (primary N) is 1. The molecule has 0 radical (unpaired) electrons. The Bertz CT molecular complexity index is 423. The monoisotopic (exact) mass is 216 g/mol. The Kier molecular flexibility index (Phi) is 2.95. The molecule has 0 aromatic rings. The Labute approximate surface area is 95.8 Å². The Morgan fingerprint density at radius 2 is 2.44 bits per heavy atom. The Hall–Kier alpha value is -1.76. The number of nitriles is 1. The van der Waals surface area contributed by atoms with E-state index < -0.39 is 0 Å². The van der Waals surface area contributed by atoms with E-state index in [0.717, 1.165) is 43.6 Å². The molecule has 0 atom stereocenters. The van der Waals surface area contributed by atoms with Crippen molar-refractivity contribution in [3.05, 3.63) is 23.3 Å². The van der Waals surface area contributed by atoms with Gasteiger partial charge in [0.2, 0.25) is 0 Å². The number of allylic oxidation sites excluding steroid dienone is 3. The summed E-state index contributed by atoms with van der Waals surface area (Å²) < 4.78 is 0. The van der Waals surface area contributed by atoms with Crippen molar-refractivity contribution in [2.24, 2.45) is 10.7 Å². The standard InChI is InChI=1S/C12H16N4/c1-2-7-16-11-6-4-3-5-9(11)15-10(8-13)12(16)14/h6H,2-5,7,14H2,1H3. The van der Waals surface area contributed by atoms with E-state index in [0.29, 0.717) is 11.5 Å². The van der Waals surface area contributed by atoms with E-state index in [-0.39, 0.29) is 0 Å². The topological polar surface area (TPSA) is 65.4 Å². The van der Waals surface area contributed by atoms with Gasteiger partial charge in [0.15, 0.2) is 5.70 Å². The molecule has 0 amide bonds. The quantitative estimate of drug-likeness (QED) is 0.766. The van der Waals surface area contributed by atoms with Crippen LogP contribution >= 0.6 is 0 Å². The molecule has 0 spiro atoms. The lowest BCUT2D eigenvalue weighted by atomic mass is 9.99.